The standard InChI is InChI=1S/C23H27N3O2/c1-16(25-17(2)27)18-4-6-19(7-5-18)20-10-12-26(13-11-20)23-9-8-22(28-3)14-21(23)15-24/h4-9,14,16,20H,10-13H2,1-3H3,(H,25,27)/t16-/m0/s1. The number of nitrogens with one attached hydrogen (secondary N) is 1. The van der Waals surface area contributed by atoms with Gasteiger partial charge in [-0.3, -0.25) is 4.79 Å². The van der Waals surface area contributed by atoms with Gasteiger partial charge in [-0.25, -0.2) is 0 Å². The third-order valence-electron chi connectivity index (χ3n) is 5.49. The Morgan fingerprint density at radius 2 is 1.89 bits per heavy atom. The van der Waals surface area contributed by atoms with Gasteiger partial charge in [0.1, 0.15) is 11.8 Å². The maximum atomic E-state index is 11.2. The fourth-order valence-corrected chi connectivity index (χ4v) is 3.91. The summed E-state index contributed by atoms with van der Waals surface area (Å²) in [7, 11) is 1.61. The van der Waals surface area contributed by atoms with Crippen molar-refractivity contribution < 1.29 is 9.53 Å². The van der Waals surface area contributed by atoms with Crippen LogP contribution in [0.15, 0.2) is 42.5 Å². The van der Waals surface area contributed by atoms with Crippen molar-refractivity contribution in [3.05, 3.63) is 59.2 Å². The molecule has 0 aliphatic carbocycles. The Balaban J connectivity index is 1.64. The summed E-state index contributed by atoms with van der Waals surface area (Å²) in [6.07, 6.45) is 2.11. The SMILES string of the molecule is COc1ccc(N2CCC(c3ccc([C@H](C)NC(C)=O)cc3)CC2)c(C#N)c1. The number of nitriles is 1. The van der Waals surface area contributed by atoms with Gasteiger partial charge >= 0.3 is 0 Å². The molecule has 5 nitrogen and oxygen atoms in total. The molecule has 0 saturated carbocycles. The zero-order valence-corrected chi connectivity index (χ0v) is 16.7. The first kappa shape index (κ1) is 19.8. The number of hydrogen-bond acceptors (Lipinski definition) is 4. The fourth-order valence-electron chi connectivity index (χ4n) is 3.91. The topological polar surface area (TPSA) is 65.4 Å². The molecule has 1 aliphatic heterocycles. The van der Waals surface area contributed by atoms with Crippen LogP contribution in [0.3, 0.4) is 0 Å². The highest BCUT2D eigenvalue weighted by atomic mass is 16.5. The first-order valence-corrected chi connectivity index (χ1v) is 9.72. The molecule has 1 saturated heterocycles. The molecule has 1 N–H and O–H groups in total. The van der Waals surface area contributed by atoms with Crippen molar-refractivity contribution in [1.82, 2.24) is 5.32 Å². The van der Waals surface area contributed by atoms with Gasteiger partial charge in [0, 0.05) is 20.0 Å². The Hall–Kier alpha value is -3.00. The van der Waals surface area contributed by atoms with E-state index in [-0.39, 0.29) is 11.9 Å². The van der Waals surface area contributed by atoms with Gasteiger partial charge in [-0.1, -0.05) is 24.3 Å². The molecule has 1 fully saturated rings. The van der Waals surface area contributed by atoms with E-state index in [1.165, 1.54) is 5.56 Å². The molecule has 0 unspecified atom stereocenters. The molecule has 3 rings (SSSR count). The van der Waals surface area contributed by atoms with E-state index in [1.807, 2.05) is 19.1 Å². The molecular formula is C23H27N3O2. The molecular weight excluding hydrogens is 350 g/mol. The number of methoxy groups -OCH3 is 1. The first-order valence-electron chi connectivity index (χ1n) is 9.72. The number of carbonyl (C=O) groups excluding carboxylic acids is 1. The van der Waals surface area contributed by atoms with Gasteiger partial charge in [-0.2, -0.15) is 5.26 Å². The molecule has 1 heterocycles. The molecule has 2 aromatic carbocycles. The third-order valence-corrected chi connectivity index (χ3v) is 5.49. The lowest BCUT2D eigenvalue weighted by molar-refractivity contribution is -0.119. The lowest BCUT2D eigenvalue weighted by Crippen LogP contribution is -2.33. The molecule has 5 heteroatoms. The minimum Gasteiger partial charge on any atom is -0.497 e. The molecule has 146 valence electrons. The average molecular weight is 377 g/mol. The first-order chi connectivity index (χ1) is 13.5. The van der Waals surface area contributed by atoms with E-state index in [0.717, 1.165) is 37.2 Å². The quantitative estimate of drug-likeness (QED) is 0.850. The Morgan fingerprint density at radius 1 is 1.21 bits per heavy atom. The average Bonchev–Trinajstić information content (AvgIpc) is 2.73. The second-order valence-electron chi connectivity index (χ2n) is 7.35. The lowest BCUT2D eigenvalue weighted by Gasteiger charge is -2.34. The van der Waals surface area contributed by atoms with E-state index >= 15 is 0 Å². The summed E-state index contributed by atoms with van der Waals surface area (Å²) in [5, 5.41) is 12.4. The minimum absolute atomic E-state index is 0.0146. The number of amides is 1. The minimum atomic E-state index is -0.0146. The number of benzene rings is 2. The van der Waals surface area contributed by atoms with Crippen LogP contribution < -0.4 is 15.0 Å². The van der Waals surface area contributed by atoms with Gasteiger partial charge in [-0.15, -0.1) is 0 Å². The van der Waals surface area contributed by atoms with Crippen LogP contribution >= 0.6 is 0 Å². The van der Waals surface area contributed by atoms with Gasteiger partial charge < -0.3 is 15.0 Å². The Labute approximate surface area is 166 Å². The Morgan fingerprint density at radius 3 is 2.46 bits per heavy atom. The number of nitrogens with zero attached hydrogens (tertiary/aromatic N) is 2. The van der Waals surface area contributed by atoms with Crippen LogP contribution in [-0.4, -0.2) is 26.1 Å². The summed E-state index contributed by atoms with van der Waals surface area (Å²) >= 11 is 0. The fraction of sp³-hybridized carbons (Fsp3) is 0.391. The van der Waals surface area contributed by atoms with Crippen LogP contribution in [0.1, 0.15) is 55.3 Å². The van der Waals surface area contributed by atoms with Crippen molar-refractivity contribution in [3.8, 4) is 11.8 Å². The normalized spacial score (nSPS) is 15.6. The maximum absolute atomic E-state index is 11.2. The molecule has 0 radical (unpaired) electrons. The molecule has 28 heavy (non-hydrogen) atoms. The highest BCUT2D eigenvalue weighted by molar-refractivity contribution is 5.73. The van der Waals surface area contributed by atoms with E-state index in [9.17, 15) is 10.1 Å². The number of piperidine rings is 1. The predicted molar refractivity (Wildman–Crippen MR) is 111 cm³/mol. The van der Waals surface area contributed by atoms with E-state index in [1.54, 1.807) is 20.1 Å². The summed E-state index contributed by atoms with van der Waals surface area (Å²) < 4.78 is 5.23. The molecule has 0 spiro atoms. The zero-order valence-electron chi connectivity index (χ0n) is 16.7. The summed E-state index contributed by atoms with van der Waals surface area (Å²) in [5.41, 5.74) is 4.11. The third kappa shape index (κ3) is 4.45. The van der Waals surface area contributed by atoms with Crippen LogP contribution in [0, 0.1) is 11.3 Å². The summed E-state index contributed by atoms with van der Waals surface area (Å²) in [5.74, 6) is 1.22. The molecule has 1 amide bonds. The molecule has 1 atom stereocenters. The van der Waals surface area contributed by atoms with E-state index < -0.39 is 0 Å². The monoisotopic (exact) mass is 377 g/mol. The van der Waals surface area contributed by atoms with Gasteiger partial charge in [0.25, 0.3) is 0 Å². The van der Waals surface area contributed by atoms with E-state index in [0.29, 0.717) is 17.2 Å². The summed E-state index contributed by atoms with van der Waals surface area (Å²) in [6.45, 7) is 5.39. The van der Waals surface area contributed by atoms with Crippen LogP contribution in [-0.2, 0) is 4.79 Å². The number of anilines is 1. The van der Waals surface area contributed by atoms with Crippen molar-refractivity contribution in [2.24, 2.45) is 0 Å². The van der Waals surface area contributed by atoms with E-state index in [2.05, 4.69) is 40.6 Å². The van der Waals surface area contributed by atoms with Crippen molar-refractivity contribution >= 4 is 11.6 Å². The van der Waals surface area contributed by atoms with Crippen molar-refractivity contribution in [3.63, 3.8) is 0 Å². The highest BCUT2D eigenvalue weighted by Gasteiger charge is 2.22. The van der Waals surface area contributed by atoms with Gasteiger partial charge in [0.2, 0.25) is 5.91 Å². The number of rotatable bonds is 5. The highest BCUT2D eigenvalue weighted by Crippen LogP contribution is 2.33. The Kier molecular flexibility index (Phi) is 6.20. The van der Waals surface area contributed by atoms with Gasteiger partial charge in [0.05, 0.1) is 24.4 Å². The number of hydrogen-bond donors (Lipinski definition) is 1. The van der Waals surface area contributed by atoms with Gasteiger partial charge in [0.15, 0.2) is 0 Å². The molecule has 2 aromatic rings. The van der Waals surface area contributed by atoms with Gasteiger partial charge in [-0.05, 0) is 55.0 Å². The van der Waals surface area contributed by atoms with Crippen molar-refractivity contribution in [2.75, 3.05) is 25.1 Å². The predicted octanol–water partition coefficient (Wildman–Crippen LogP) is 4.15. The van der Waals surface area contributed by atoms with E-state index in [4.69, 9.17) is 4.74 Å². The van der Waals surface area contributed by atoms with Crippen LogP contribution in [0.25, 0.3) is 0 Å². The lowest BCUT2D eigenvalue weighted by atomic mass is 9.88. The maximum Gasteiger partial charge on any atom is 0.217 e. The van der Waals surface area contributed by atoms with Crippen LogP contribution in [0.5, 0.6) is 5.75 Å². The molecule has 0 bridgehead atoms. The smallest absolute Gasteiger partial charge is 0.217 e. The molecule has 1 aliphatic rings. The summed E-state index contributed by atoms with van der Waals surface area (Å²) in [6, 6.07) is 16.6. The second kappa shape index (κ2) is 8.79. The zero-order chi connectivity index (χ0) is 20.1. The number of ether oxygens (including phenoxy) is 1. The molecule has 0 aromatic heterocycles. The van der Waals surface area contributed by atoms with Crippen LogP contribution in [0.4, 0.5) is 5.69 Å². The second-order valence-corrected chi connectivity index (χ2v) is 7.35. The van der Waals surface area contributed by atoms with Crippen molar-refractivity contribution in [1.29, 1.82) is 5.26 Å². The summed E-state index contributed by atoms with van der Waals surface area (Å²) in [4.78, 5) is 13.5. The largest absolute Gasteiger partial charge is 0.497 e. The Bertz CT molecular complexity index is 862. The van der Waals surface area contributed by atoms with Crippen LogP contribution in [0.2, 0.25) is 0 Å². The van der Waals surface area contributed by atoms with Crippen molar-refractivity contribution in [2.45, 2.75) is 38.6 Å². The number of carbonyl (C=O) groups is 1.